The van der Waals surface area contributed by atoms with Gasteiger partial charge in [0.05, 0.1) is 0 Å². The molecule has 0 fully saturated rings. The molecule has 0 radical (unpaired) electrons. The molecule has 1 aliphatic rings. The van der Waals surface area contributed by atoms with E-state index in [0.717, 1.165) is 24.8 Å². The number of phenolic OH excluding ortho intramolecular Hbond substituents is 1. The summed E-state index contributed by atoms with van der Waals surface area (Å²) in [6.07, 6.45) is 9.69. The third kappa shape index (κ3) is 2.14. The molecule has 0 heterocycles. The Hall–Kier alpha value is -1.50. The van der Waals surface area contributed by atoms with Crippen molar-refractivity contribution in [3.05, 3.63) is 53.6 Å². The first-order valence-electron chi connectivity index (χ1n) is 6.37. The number of hydrogen-bond donors (Lipinski definition) is 1. The van der Waals surface area contributed by atoms with Crippen LogP contribution in [0.2, 0.25) is 0 Å². The van der Waals surface area contributed by atoms with Crippen LogP contribution in [-0.4, -0.2) is 5.11 Å². The smallest absolute Gasteiger partial charge is 0.119 e. The van der Waals surface area contributed by atoms with Crippen LogP contribution in [-0.2, 0) is 5.41 Å². The Balaban J connectivity index is 2.44. The van der Waals surface area contributed by atoms with Crippen molar-refractivity contribution >= 4 is 0 Å². The van der Waals surface area contributed by atoms with Crippen molar-refractivity contribution in [2.24, 2.45) is 0 Å². The molecule has 1 aliphatic carbocycles. The van der Waals surface area contributed by atoms with E-state index in [4.69, 9.17) is 0 Å². The van der Waals surface area contributed by atoms with Crippen LogP contribution in [0.5, 0.6) is 5.75 Å². The molecule has 17 heavy (non-hydrogen) atoms. The van der Waals surface area contributed by atoms with Crippen LogP contribution < -0.4 is 0 Å². The monoisotopic (exact) mass is 228 g/mol. The van der Waals surface area contributed by atoms with Crippen molar-refractivity contribution in [3.63, 3.8) is 0 Å². The third-order valence-electron chi connectivity index (χ3n) is 3.82. The van der Waals surface area contributed by atoms with Gasteiger partial charge >= 0.3 is 0 Å². The zero-order chi connectivity index (χ0) is 12.3. The number of para-hydroxylation sites is 1. The Bertz CT molecular complexity index is 456. The summed E-state index contributed by atoms with van der Waals surface area (Å²) in [6.45, 7) is 4.38. The van der Waals surface area contributed by atoms with Crippen molar-refractivity contribution in [2.45, 2.75) is 38.5 Å². The van der Waals surface area contributed by atoms with E-state index in [-0.39, 0.29) is 5.41 Å². The van der Waals surface area contributed by atoms with Gasteiger partial charge in [0, 0.05) is 11.0 Å². The van der Waals surface area contributed by atoms with E-state index in [9.17, 15) is 5.11 Å². The van der Waals surface area contributed by atoms with Crippen LogP contribution in [0.4, 0.5) is 0 Å². The van der Waals surface area contributed by atoms with Gasteiger partial charge in [-0.25, -0.2) is 0 Å². The van der Waals surface area contributed by atoms with Gasteiger partial charge in [-0.1, -0.05) is 55.8 Å². The van der Waals surface area contributed by atoms with Crippen molar-refractivity contribution in [3.8, 4) is 5.75 Å². The highest BCUT2D eigenvalue weighted by molar-refractivity contribution is 5.45. The molecule has 1 nitrogen and oxygen atoms in total. The molecule has 1 heteroatoms. The molecule has 2 rings (SSSR count). The quantitative estimate of drug-likeness (QED) is 0.816. The predicted molar refractivity (Wildman–Crippen MR) is 72.2 cm³/mol. The second kappa shape index (κ2) is 4.79. The molecule has 1 N–H and O–H groups in total. The summed E-state index contributed by atoms with van der Waals surface area (Å²) in [7, 11) is 0. The summed E-state index contributed by atoms with van der Waals surface area (Å²) >= 11 is 0. The highest BCUT2D eigenvalue weighted by atomic mass is 16.3. The topological polar surface area (TPSA) is 20.2 Å². The van der Waals surface area contributed by atoms with E-state index in [0.29, 0.717) is 5.75 Å². The normalized spacial score (nSPS) is 23.5. The lowest BCUT2D eigenvalue weighted by molar-refractivity contribution is 0.428. The lowest BCUT2D eigenvalue weighted by atomic mass is 9.70. The molecule has 0 spiro atoms. The maximum Gasteiger partial charge on any atom is 0.119 e. The van der Waals surface area contributed by atoms with E-state index in [1.165, 1.54) is 5.57 Å². The molecule has 0 saturated heterocycles. The number of hydrogen-bond acceptors (Lipinski definition) is 1. The first-order chi connectivity index (χ1) is 8.22. The Morgan fingerprint density at radius 2 is 2.00 bits per heavy atom. The Labute approximate surface area is 103 Å². The number of benzene rings is 1. The number of rotatable bonds is 3. The van der Waals surface area contributed by atoms with Crippen LogP contribution in [0.3, 0.4) is 0 Å². The van der Waals surface area contributed by atoms with E-state index in [1.54, 1.807) is 6.07 Å². The largest absolute Gasteiger partial charge is 0.508 e. The number of phenols is 1. The number of allylic oxidation sites excluding steroid dienone is 4. The van der Waals surface area contributed by atoms with Gasteiger partial charge in [-0.3, -0.25) is 0 Å². The van der Waals surface area contributed by atoms with Crippen LogP contribution in [0, 0.1) is 0 Å². The second-order valence-corrected chi connectivity index (χ2v) is 4.74. The predicted octanol–water partition coefficient (Wildman–Crippen LogP) is 4.34. The van der Waals surface area contributed by atoms with Crippen LogP contribution in [0.25, 0.3) is 0 Å². The standard InChI is InChI=1S/C16H20O/c1-3-13-8-7-11-16(4-2,12-13)14-9-5-6-10-15(14)17/h5-11,17H,3-4,12H2,1-2H3. The molecule has 1 atom stereocenters. The zero-order valence-corrected chi connectivity index (χ0v) is 10.6. The van der Waals surface area contributed by atoms with Crippen LogP contribution >= 0.6 is 0 Å². The van der Waals surface area contributed by atoms with Gasteiger partial charge in [0.2, 0.25) is 0 Å². The summed E-state index contributed by atoms with van der Waals surface area (Å²) in [4.78, 5) is 0. The maximum absolute atomic E-state index is 10.1. The Kier molecular flexibility index (Phi) is 3.37. The molecule has 0 amide bonds. The van der Waals surface area contributed by atoms with E-state index < -0.39 is 0 Å². The molecule has 90 valence electrons. The summed E-state index contributed by atoms with van der Waals surface area (Å²) in [6, 6.07) is 7.71. The molecule has 0 aromatic heterocycles. The zero-order valence-electron chi connectivity index (χ0n) is 10.6. The minimum atomic E-state index is -0.0224. The van der Waals surface area contributed by atoms with Gasteiger partial charge in [0.25, 0.3) is 0 Å². The van der Waals surface area contributed by atoms with Gasteiger partial charge < -0.3 is 5.11 Å². The van der Waals surface area contributed by atoms with Crippen molar-refractivity contribution in [1.29, 1.82) is 0 Å². The fourth-order valence-corrected chi connectivity index (χ4v) is 2.65. The average molecular weight is 228 g/mol. The van der Waals surface area contributed by atoms with Gasteiger partial charge in [0.1, 0.15) is 5.75 Å². The van der Waals surface area contributed by atoms with Crippen molar-refractivity contribution in [1.82, 2.24) is 0 Å². The summed E-state index contributed by atoms with van der Waals surface area (Å²) in [5.74, 6) is 0.413. The van der Waals surface area contributed by atoms with Crippen molar-refractivity contribution < 1.29 is 5.11 Å². The third-order valence-corrected chi connectivity index (χ3v) is 3.82. The van der Waals surface area contributed by atoms with Gasteiger partial charge in [-0.15, -0.1) is 0 Å². The molecule has 1 aromatic rings. The first kappa shape index (κ1) is 12.0. The average Bonchev–Trinajstić information content (AvgIpc) is 2.39. The highest BCUT2D eigenvalue weighted by Gasteiger charge is 2.31. The molecular weight excluding hydrogens is 208 g/mol. The molecule has 1 aromatic carbocycles. The minimum Gasteiger partial charge on any atom is -0.508 e. The fraction of sp³-hybridized carbons (Fsp3) is 0.375. The Morgan fingerprint density at radius 1 is 1.24 bits per heavy atom. The van der Waals surface area contributed by atoms with Crippen LogP contribution in [0.1, 0.15) is 38.7 Å². The van der Waals surface area contributed by atoms with Gasteiger partial charge in [-0.2, -0.15) is 0 Å². The second-order valence-electron chi connectivity index (χ2n) is 4.74. The molecule has 0 bridgehead atoms. The molecule has 1 unspecified atom stereocenters. The summed E-state index contributed by atoms with van der Waals surface area (Å²) in [5.41, 5.74) is 2.49. The fourth-order valence-electron chi connectivity index (χ4n) is 2.65. The minimum absolute atomic E-state index is 0.0224. The van der Waals surface area contributed by atoms with Crippen LogP contribution in [0.15, 0.2) is 48.1 Å². The molecule has 0 aliphatic heterocycles. The van der Waals surface area contributed by atoms with E-state index >= 15 is 0 Å². The SMILES string of the molecule is CCC1=CC=CC(CC)(c2ccccc2O)C1. The number of aromatic hydroxyl groups is 1. The maximum atomic E-state index is 10.1. The summed E-state index contributed by atoms with van der Waals surface area (Å²) < 4.78 is 0. The molecule has 0 saturated carbocycles. The lowest BCUT2D eigenvalue weighted by Gasteiger charge is -2.33. The molecular formula is C16H20O. The highest BCUT2D eigenvalue weighted by Crippen LogP contribution is 2.42. The van der Waals surface area contributed by atoms with Crippen molar-refractivity contribution in [2.75, 3.05) is 0 Å². The lowest BCUT2D eigenvalue weighted by Crippen LogP contribution is -2.25. The van der Waals surface area contributed by atoms with E-state index in [1.807, 2.05) is 18.2 Å². The van der Waals surface area contributed by atoms with E-state index in [2.05, 4.69) is 32.1 Å². The first-order valence-corrected chi connectivity index (χ1v) is 6.37. The Morgan fingerprint density at radius 3 is 2.65 bits per heavy atom. The van der Waals surface area contributed by atoms with Gasteiger partial charge in [0.15, 0.2) is 0 Å². The van der Waals surface area contributed by atoms with Gasteiger partial charge in [-0.05, 0) is 25.3 Å². The summed E-state index contributed by atoms with van der Waals surface area (Å²) in [5, 5.41) is 10.1.